The van der Waals surface area contributed by atoms with E-state index in [4.69, 9.17) is 4.74 Å². The third-order valence-electron chi connectivity index (χ3n) is 4.18. The molecule has 1 atom stereocenters. The highest BCUT2D eigenvalue weighted by Crippen LogP contribution is 2.24. The summed E-state index contributed by atoms with van der Waals surface area (Å²) in [5.41, 5.74) is 1.07. The van der Waals surface area contributed by atoms with Gasteiger partial charge < -0.3 is 19.9 Å². The van der Waals surface area contributed by atoms with Crippen LogP contribution in [-0.4, -0.2) is 55.7 Å². The van der Waals surface area contributed by atoms with Crippen LogP contribution in [0.15, 0.2) is 42.7 Å². The SMILES string of the molecule is CNC(=O)[C@H]1CN(c2ccc(OC)cc2)CCN1c1ncccn1. The number of rotatable bonds is 4. The molecule has 7 nitrogen and oxygen atoms in total. The molecule has 126 valence electrons. The van der Waals surface area contributed by atoms with E-state index in [9.17, 15) is 4.79 Å². The fourth-order valence-corrected chi connectivity index (χ4v) is 2.88. The summed E-state index contributed by atoms with van der Waals surface area (Å²) in [6.07, 6.45) is 3.39. The summed E-state index contributed by atoms with van der Waals surface area (Å²) in [5, 5.41) is 2.74. The van der Waals surface area contributed by atoms with Gasteiger partial charge >= 0.3 is 0 Å². The minimum Gasteiger partial charge on any atom is -0.497 e. The number of likely N-dealkylation sites (N-methyl/N-ethyl adjacent to an activating group) is 1. The second kappa shape index (κ2) is 7.16. The van der Waals surface area contributed by atoms with Gasteiger partial charge in [0.2, 0.25) is 11.9 Å². The summed E-state index contributed by atoms with van der Waals surface area (Å²) in [5.74, 6) is 1.36. The van der Waals surface area contributed by atoms with Gasteiger partial charge in [-0.05, 0) is 30.3 Å². The maximum absolute atomic E-state index is 12.4. The maximum Gasteiger partial charge on any atom is 0.244 e. The van der Waals surface area contributed by atoms with Crippen molar-refractivity contribution in [2.24, 2.45) is 0 Å². The molecule has 2 aromatic rings. The van der Waals surface area contributed by atoms with Gasteiger partial charge in [0, 0.05) is 44.8 Å². The van der Waals surface area contributed by atoms with Crippen molar-refractivity contribution in [1.29, 1.82) is 0 Å². The molecule has 0 radical (unpaired) electrons. The van der Waals surface area contributed by atoms with Crippen LogP contribution in [-0.2, 0) is 4.79 Å². The summed E-state index contributed by atoms with van der Waals surface area (Å²) >= 11 is 0. The molecule has 7 heteroatoms. The number of amides is 1. The number of nitrogens with one attached hydrogen (secondary N) is 1. The van der Waals surface area contributed by atoms with Crippen LogP contribution < -0.4 is 19.9 Å². The van der Waals surface area contributed by atoms with Crippen molar-refractivity contribution in [1.82, 2.24) is 15.3 Å². The Bertz CT molecular complexity index is 677. The number of nitrogens with zero attached hydrogens (tertiary/aromatic N) is 4. The van der Waals surface area contributed by atoms with E-state index in [0.29, 0.717) is 19.0 Å². The lowest BCUT2D eigenvalue weighted by atomic mass is 10.1. The lowest BCUT2D eigenvalue weighted by Crippen LogP contribution is -2.59. The molecule has 1 aromatic carbocycles. The summed E-state index contributed by atoms with van der Waals surface area (Å²) < 4.78 is 5.20. The first kappa shape index (κ1) is 16.0. The predicted molar refractivity (Wildman–Crippen MR) is 92.4 cm³/mol. The number of benzene rings is 1. The number of hydrogen-bond acceptors (Lipinski definition) is 6. The van der Waals surface area contributed by atoms with Crippen LogP contribution in [0.25, 0.3) is 0 Å². The second-order valence-corrected chi connectivity index (χ2v) is 5.52. The van der Waals surface area contributed by atoms with Crippen molar-refractivity contribution in [2.45, 2.75) is 6.04 Å². The Morgan fingerprint density at radius 2 is 1.92 bits per heavy atom. The molecule has 0 spiro atoms. The number of anilines is 2. The zero-order valence-electron chi connectivity index (χ0n) is 13.8. The summed E-state index contributed by atoms with van der Waals surface area (Å²) in [6.45, 7) is 2.04. The van der Waals surface area contributed by atoms with Crippen LogP contribution in [0.2, 0.25) is 0 Å². The van der Waals surface area contributed by atoms with Crippen molar-refractivity contribution in [3.05, 3.63) is 42.7 Å². The fraction of sp³-hybridized carbons (Fsp3) is 0.353. The molecule has 1 N–H and O–H groups in total. The molecule has 1 aliphatic rings. The van der Waals surface area contributed by atoms with Gasteiger partial charge in [-0.1, -0.05) is 0 Å². The molecule has 1 aliphatic heterocycles. The van der Waals surface area contributed by atoms with Gasteiger partial charge in [-0.25, -0.2) is 9.97 Å². The Kier molecular flexibility index (Phi) is 4.79. The standard InChI is InChI=1S/C17H21N5O2/c1-18-16(23)15-12-21(13-4-6-14(24-2)7-5-13)10-11-22(15)17-19-8-3-9-20-17/h3-9,15H,10-12H2,1-2H3,(H,18,23)/t15-/m1/s1. The number of carbonyl (C=O) groups excluding carboxylic acids is 1. The van der Waals surface area contributed by atoms with Gasteiger partial charge in [0.25, 0.3) is 0 Å². The highest BCUT2D eigenvalue weighted by Gasteiger charge is 2.33. The van der Waals surface area contributed by atoms with E-state index in [1.54, 1.807) is 32.6 Å². The van der Waals surface area contributed by atoms with Crippen molar-refractivity contribution in [3.63, 3.8) is 0 Å². The summed E-state index contributed by atoms with van der Waals surface area (Å²) in [6, 6.07) is 9.30. The Hall–Kier alpha value is -2.83. The fourth-order valence-electron chi connectivity index (χ4n) is 2.88. The van der Waals surface area contributed by atoms with Crippen LogP contribution in [0.4, 0.5) is 11.6 Å². The Morgan fingerprint density at radius 3 is 2.54 bits per heavy atom. The molecule has 0 bridgehead atoms. The van der Waals surface area contributed by atoms with Gasteiger partial charge in [0.1, 0.15) is 11.8 Å². The molecule has 3 rings (SSSR count). The zero-order chi connectivity index (χ0) is 16.9. The number of ether oxygens (including phenoxy) is 1. The average molecular weight is 327 g/mol. The first-order chi connectivity index (χ1) is 11.7. The highest BCUT2D eigenvalue weighted by atomic mass is 16.5. The van der Waals surface area contributed by atoms with Crippen molar-refractivity contribution in [3.8, 4) is 5.75 Å². The van der Waals surface area contributed by atoms with Crippen LogP contribution in [0.3, 0.4) is 0 Å². The van der Waals surface area contributed by atoms with Crippen LogP contribution >= 0.6 is 0 Å². The van der Waals surface area contributed by atoms with Crippen LogP contribution in [0, 0.1) is 0 Å². The van der Waals surface area contributed by atoms with Crippen LogP contribution in [0.1, 0.15) is 0 Å². The van der Waals surface area contributed by atoms with E-state index >= 15 is 0 Å². The molecule has 2 heterocycles. The Labute approximate surface area is 141 Å². The van der Waals surface area contributed by atoms with E-state index < -0.39 is 0 Å². The quantitative estimate of drug-likeness (QED) is 0.901. The molecule has 1 saturated heterocycles. The Balaban J connectivity index is 1.81. The summed E-state index contributed by atoms with van der Waals surface area (Å²) in [4.78, 5) is 25.1. The number of carbonyl (C=O) groups is 1. The molecule has 0 unspecified atom stereocenters. The second-order valence-electron chi connectivity index (χ2n) is 5.52. The molecular weight excluding hydrogens is 306 g/mol. The van der Waals surface area contributed by atoms with Crippen molar-refractivity contribution < 1.29 is 9.53 Å². The minimum absolute atomic E-state index is 0.0411. The molecule has 1 fully saturated rings. The smallest absolute Gasteiger partial charge is 0.244 e. The lowest BCUT2D eigenvalue weighted by Gasteiger charge is -2.41. The predicted octanol–water partition coefficient (Wildman–Crippen LogP) is 0.926. The van der Waals surface area contributed by atoms with E-state index in [2.05, 4.69) is 20.2 Å². The molecule has 0 saturated carbocycles. The van der Waals surface area contributed by atoms with Gasteiger partial charge in [-0.3, -0.25) is 4.79 Å². The van der Waals surface area contributed by atoms with Crippen molar-refractivity contribution in [2.75, 3.05) is 43.6 Å². The van der Waals surface area contributed by atoms with Crippen LogP contribution in [0.5, 0.6) is 5.75 Å². The van der Waals surface area contributed by atoms with E-state index in [0.717, 1.165) is 18.0 Å². The first-order valence-electron chi connectivity index (χ1n) is 7.87. The van der Waals surface area contributed by atoms with Crippen molar-refractivity contribution >= 4 is 17.5 Å². The average Bonchev–Trinajstić information content (AvgIpc) is 2.67. The largest absolute Gasteiger partial charge is 0.497 e. The van der Waals surface area contributed by atoms with E-state index in [1.807, 2.05) is 29.2 Å². The summed E-state index contributed by atoms with van der Waals surface area (Å²) in [7, 11) is 3.30. The lowest BCUT2D eigenvalue weighted by molar-refractivity contribution is -0.121. The third kappa shape index (κ3) is 3.24. The van der Waals surface area contributed by atoms with Gasteiger partial charge in [0.05, 0.1) is 7.11 Å². The third-order valence-corrected chi connectivity index (χ3v) is 4.18. The number of methoxy groups -OCH3 is 1. The van der Waals surface area contributed by atoms with E-state index in [-0.39, 0.29) is 11.9 Å². The first-order valence-corrected chi connectivity index (χ1v) is 7.87. The molecule has 1 amide bonds. The van der Waals surface area contributed by atoms with Gasteiger partial charge in [-0.15, -0.1) is 0 Å². The van der Waals surface area contributed by atoms with Gasteiger partial charge in [-0.2, -0.15) is 0 Å². The number of hydrogen-bond donors (Lipinski definition) is 1. The number of piperazine rings is 1. The molecule has 1 aromatic heterocycles. The van der Waals surface area contributed by atoms with E-state index in [1.165, 1.54) is 0 Å². The number of aromatic nitrogens is 2. The topological polar surface area (TPSA) is 70.6 Å². The zero-order valence-corrected chi connectivity index (χ0v) is 13.8. The maximum atomic E-state index is 12.4. The normalized spacial score (nSPS) is 17.5. The minimum atomic E-state index is -0.340. The Morgan fingerprint density at radius 1 is 1.21 bits per heavy atom. The highest BCUT2D eigenvalue weighted by molar-refractivity contribution is 5.85. The monoisotopic (exact) mass is 327 g/mol. The molecule has 0 aliphatic carbocycles. The molecule has 24 heavy (non-hydrogen) atoms. The van der Waals surface area contributed by atoms with Gasteiger partial charge in [0.15, 0.2) is 0 Å². The molecular formula is C17H21N5O2.